The first-order valence-electron chi connectivity index (χ1n) is 9.32. The third-order valence-corrected chi connectivity index (χ3v) is 5.59. The van der Waals surface area contributed by atoms with E-state index >= 15 is 0 Å². The fraction of sp³-hybridized carbons (Fsp3) is 0.632. The number of cyclic esters (lactones) is 1. The number of carbonyl (C=O) groups excluding carboxylic acids is 1. The molecule has 1 aromatic rings. The van der Waals surface area contributed by atoms with Gasteiger partial charge in [0.05, 0.1) is 29.4 Å². The van der Waals surface area contributed by atoms with Gasteiger partial charge in [0.2, 0.25) is 0 Å². The molecule has 1 aromatic carbocycles. The minimum absolute atomic E-state index is 0.0661. The zero-order valence-corrected chi connectivity index (χ0v) is 16.3. The molecular weight excluding hydrogens is 418 g/mol. The number of alkyl carbamates (subject to hydrolysis) is 1. The highest BCUT2D eigenvalue weighted by Crippen LogP contribution is 2.38. The monoisotopic (exact) mass is 440 g/mol. The van der Waals surface area contributed by atoms with Crippen LogP contribution in [0.2, 0.25) is 0 Å². The van der Waals surface area contributed by atoms with Crippen LogP contribution in [-0.2, 0) is 21.8 Å². The number of halogens is 6. The second-order valence-electron chi connectivity index (χ2n) is 8.19. The molecule has 2 N–H and O–H groups in total. The van der Waals surface area contributed by atoms with E-state index in [-0.39, 0.29) is 24.8 Å². The second-order valence-corrected chi connectivity index (χ2v) is 8.19. The van der Waals surface area contributed by atoms with E-state index in [0.29, 0.717) is 31.5 Å². The van der Waals surface area contributed by atoms with Crippen molar-refractivity contribution in [3.8, 4) is 0 Å². The molecule has 3 rings (SSSR count). The van der Waals surface area contributed by atoms with Gasteiger partial charge in [0.15, 0.2) is 0 Å². The van der Waals surface area contributed by atoms with E-state index in [1.54, 1.807) is 0 Å². The summed E-state index contributed by atoms with van der Waals surface area (Å²) in [7, 11) is 0. The average Bonchev–Trinajstić information content (AvgIpc) is 3.02. The topological polar surface area (TPSA) is 59.6 Å². The first-order valence-corrected chi connectivity index (χ1v) is 9.32. The molecule has 2 fully saturated rings. The highest BCUT2D eigenvalue weighted by atomic mass is 19.4. The fourth-order valence-corrected chi connectivity index (χ4v) is 3.54. The Morgan fingerprint density at radius 2 is 1.70 bits per heavy atom. The van der Waals surface area contributed by atoms with Crippen LogP contribution in [-0.4, -0.2) is 36.9 Å². The zero-order valence-electron chi connectivity index (χ0n) is 16.3. The molecule has 3 atom stereocenters. The Morgan fingerprint density at radius 1 is 1.10 bits per heavy atom. The lowest BCUT2D eigenvalue weighted by atomic mass is 9.82. The number of nitrogens with one attached hydrogen (secondary N) is 2. The van der Waals surface area contributed by atoms with Crippen LogP contribution in [0.1, 0.15) is 49.5 Å². The summed E-state index contributed by atoms with van der Waals surface area (Å²) in [6.45, 7) is 3.97. The molecule has 2 saturated heterocycles. The van der Waals surface area contributed by atoms with Crippen molar-refractivity contribution in [3.63, 3.8) is 0 Å². The maximum atomic E-state index is 13.1. The number of hydrogen-bond donors (Lipinski definition) is 2. The van der Waals surface area contributed by atoms with Crippen molar-refractivity contribution in [3.05, 3.63) is 34.9 Å². The molecule has 2 aliphatic rings. The number of rotatable bonds is 4. The van der Waals surface area contributed by atoms with Crippen LogP contribution in [0.5, 0.6) is 0 Å². The number of carbonyl (C=O) groups is 1. The molecule has 30 heavy (non-hydrogen) atoms. The molecule has 11 heteroatoms. The third-order valence-electron chi connectivity index (χ3n) is 5.59. The van der Waals surface area contributed by atoms with E-state index in [0.717, 1.165) is 0 Å². The molecule has 0 aromatic heterocycles. The molecule has 1 amide bonds. The van der Waals surface area contributed by atoms with Crippen molar-refractivity contribution in [2.24, 2.45) is 0 Å². The van der Waals surface area contributed by atoms with Gasteiger partial charge in [-0.1, -0.05) is 0 Å². The van der Waals surface area contributed by atoms with Crippen molar-refractivity contribution >= 4 is 6.09 Å². The molecule has 0 radical (unpaired) electrons. The Labute approximate surface area is 169 Å². The maximum Gasteiger partial charge on any atom is 0.416 e. The van der Waals surface area contributed by atoms with Gasteiger partial charge in [-0.15, -0.1) is 0 Å². The van der Waals surface area contributed by atoms with Gasteiger partial charge in [-0.05, 0) is 50.5 Å². The van der Waals surface area contributed by atoms with E-state index in [9.17, 15) is 31.1 Å². The van der Waals surface area contributed by atoms with Gasteiger partial charge in [0.25, 0.3) is 0 Å². The van der Waals surface area contributed by atoms with Crippen LogP contribution >= 0.6 is 0 Å². The van der Waals surface area contributed by atoms with Gasteiger partial charge in [0, 0.05) is 12.1 Å². The summed E-state index contributed by atoms with van der Waals surface area (Å²) < 4.78 is 88.9. The number of hydrogen-bond acceptors (Lipinski definition) is 4. The third kappa shape index (κ3) is 5.00. The summed E-state index contributed by atoms with van der Waals surface area (Å²) in [5.74, 6) is 0. The molecular formula is C19H22F6N2O3. The molecule has 0 saturated carbocycles. The Hall–Kier alpha value is -2.01. The predicted molar refractivity (Wildman–Crippen MR) is 93.7 cm³/mol. The summed E-state index contributed by atoms with van der Waals surface area (Å²) in [5.41, 5.74) is -4.01. The lowest BCUT2D eigenvalue weighted by Gasteiger charge is -2.43. The lowest BCUT2D eigenvalue weighted by Crippen LogP contribution is -2.63. The van der Waals surface area contributed by atoms with Crippen molar-refractivity contribution in [1.29, 1.82) is 0 Å². The van der Waals surface area contributed by atoms with Gasteiger partial charge in [-0.2, -0.15) is 26.3 Å². The second kappa shape index (κ2) is 7.60. The zero-order chi connectivity index (χ0) is 22.4. The number of benzene rings is 1. The van der Waals surface area contributed by atoms with Crippen molar-refractivity contribution in [2.75, 3.05) is 19.8 Å². The summed E-state index contributed by atoms with van der Waals surface area (Å²) in [6, 6.07) is 1.45. The number of amides is 1. The molecule has 5 nitrogen and oxygen atoms in total. The van der Waals surface area contributed by atoms with Crippen LogP contribution < -0.4 is 10.6 Å². The molecule has 3 unspecified atom stereocenters. The molecule has 2 aliphatic heterocycles. The van der Waals surface area contributed by atoms with E-state index in [4.69, 9.17) is 9.47 Å². The van der Waals surface area contributed by atoms with Crippen LogP contribution in [0.3, 0.4) is 0 Å². The SMILES string of the molecule is CC(OCC1(C)CCC2(CN1)COC(=O)N2)c1cc(C(F)(F)F)cc(C(F)(F)F)c1. The predicted octanol–water partition coefficient (Wildman–Crippen LogP) is 4.42. The lowest BCUT2D eigenvalue weighted by molar-refractivity contribution is -0.143. The molecule has 168 valence electrons. The largest absolute Gasteiger partial charge is 0.447 e. The van der Waals surface area contributed by atoms with Gasteiger partial charge in [-0.25, -0.2) is 4.79 Å². The van der Waals surface area contributed by atoms with Crippen LogP contribution in [0, 0.1) is 0 Å². The highest BCUT2D eigenvalue weighted by Gasteiger charge is 2.46. The minimum Gasteiger partial charge on any atom is -0.447 e. The average molecular weight is 440 g/mol. The van der Waals surface area contributed by atoms with Gasteiger partial charge >= 0.3 is 18.4 Å². The first kappa shape index (κ1) is 22.7. The van der Waals surface area contributed by atoms with Crippen molar-refractivity contribution < 1.29 is 40.6 Å². The van der Waals surface area contributed by atoms with Crippen molar-refractivity contribution in [2.45, 2.75) is 56.2 Å². The van der Waals surface area contributed by atoms with E-state index < -0.39 is 46.8 Å². The van der Waals surface area contributed by atoms with Gasteiger partial charge < -0.3 is 20.1 Å². The van der Waals surface area contributed by atoms with Gasteiger partial charge in [0.1, 0.15) is 6.61 Å². The smallest absolute Gasteiger partial charge is 0.416 e. The fourth-order valence-electron chi connectivity index (χ4n) is 3.54. The van der Waals surface area contributed by atoms with Crippen LogP contribution in [0.15, 0.2) is 18.2 Å². The Morgan fingerprint density at radius 3 is 2.13 bits per heavy atom. The Kier molecular flexibility index (Phi) is 5.74. The van der Waals surface area contributed by atoms with E-state index in [2.05, 4.69) is 10.6 Å². The Balaban J connectivity index is 1.69. The summed E-state index contributed by atoms with van der Waals surface area (Å²) in [6.07, 6.45) is -10.1. The van der Waals surface area contributed by atoms with E-state index in [1.165, 1.54) is 6.92 Å². The molecule has 1 spiro atoms. The highest BCUT2D eigenvalue weighted by molar-refractivity contribution is 5.70. The Bertz CT molecular complexity index is 768. The summed E-state index contributed by atoms with van der Waals surface area (Å²) in [5, 5.41) is 6.01. The number of ether oxygens (including phenoxy) is 2. The molecule has 0 aliphatic carbocycles. The standard InChI is InChI=1S/C19H22F6N2O3/c1-11(12-5-13(18(20,21)22)7-14(6-12)19(23,24)25)29-9-16(2)3-4-17(8-26-16)10-30-15(28)27-17/h5-7,11,26H,3-4,8-10H2,1-2H3,(H,27,28). The van der Waals surface area contributed by atoms with Crippen molar-refractivity contribution in [1.82, 2.24) is 10.6 Å². The summed E-state index contributed by atoms with van der Waals surface area (Å²) in [4.78, 5) is 11.3. The maximum absolute atomic E-state index is 13.1. The van der Waals surface area contributed by atoms with Crippen LogP contribution in [0.4, 0.5) is 31.1 Å². The summed E-state index contributed by atoms with van der Waals surface area (Å²) >= 11 is 0. The quantitative estimate of drug-likeness (QED) is 0.681. The van der Waals surface area contributed by atoms with Gasteiger partial charge in [-0.3, -0.25) is 0 Å². The molecule has 0 bridgehead atoms. The normalized spacial score (nSPS) is 28.3. The number of piperidine rings is 1. The minimum atomic E-state index is -4.91. The van der Waals surface area contributed by atoms with E-state index in [1.807, 2.05) is 6.92 Å². The molecule has 2 heterocycles. The number of alkyl halides is 6. The van der Waals surface area contributed by atoms with Crippen LogP contribution in [0.25, 0.3) is 0 Å². The first-order chi connectivity index (χ1) is 13.7.